The third-order valence-corrected chi connectivity index (χ3v) is 3.93. The lowest BCUT2D eigenvalue weighted by molar-refractivity contribution is 0.649. The van der Waals surface area contributed by atoms with Gasteiger partial charge in [0.05, 0.1) is 6.54 Å². The van der Waals surface area contributed by atoms with Gasteiger partial charge in [-0.1, -0.05) is 12.1 Å². The maximum Gasteiger partial charge on any atom is 0.128 e. The number of thiophene rings is 1. The Morgan fingerprint density at radius 1 is 1.39 bits per heavy atom. The second kappa shape index (κ2) is 5.98. The summed E-state index contributed by atoms with van der Waals surface area (Å²) in [7, 11) is 4.03. The lowest BCUT2D eigenvalue weighted by Gasteiger charge is -2.18. The second-order valence-electron chi connectivity index (χ2n) is 4.40. The Bertz CT molecular complexity index is 464. The molecular formula is C14H19N3S. The SMILES string of the molecule is CNC(C)c1ccc(N(C)Cc2cccs2)nc1. The first-order valence-corrected chi connectivity index (χ1v) is 6.95. The zero-order valence-electron chi connectivity index (χ0n) is 11.1. The summed E-state index contributed by atoms with van der Waals surface area (Å²) in [4.78, 5) is 8.04. The van der Waals surface area contributed by atoms with Crippen LogP contribution in [0.25, 0.3) is 0 Å². The Labute approximate surface area is 112 Å². The van der Waals surface area contributed by atoms with E-state index in [0.717, 1.165) is 12.4 Å². The summed E-state index contributed by atoms with van der Waals surface area (Å²) in [5.74, 6) is 1.01. The van der Waals surface area contributed by atoms with Crippen molar-refractivity contribution in [3.8, 4) is 0 Å². The van der Waals surface area contributed by atoms with E-state index in [-0.39, 0.29) is 0 Å². The molecule has 2 aromatic heterocycles. The first kappa shape index (κ1) is 13.1. The molecule has 1 unspecified atom stereocenters. The summed E-state index contributed by atoms with van der Waals surface area (Å²) < 4.78 is 0. The van der Waals surface area contributed by atoms with Gasteiger partial charge < -0.3 is 10.2 Å². The highest BCUT2D eigenvalue weighted by Gasteiger charge is 2.06. The van der Waals surface area contributed by atoms with Gasteiger partial charge in [-0.2, -0.15) is 0 Å². The third kappa shape index (κ3) is 3.09. The van der Waals surface area contributed by atoms with Crippen molar-refractivity contribution in [1.82, 2.24) is 10.3 Å². The van der Waals surface area contributed by atoms with Gasteiger partial charge in [-0.3, -0.25) is 0 Å². The number of anilines is 1. The molecule has 0 aliphatic heterocycles. The maximum absolute atomic E-state index is 4.52. The van der Waals surface area contributed by atoms with Crippen LogP contribution >= 0.6 is 11.3 Å². The molecule has 0 amide bonds. The van der Waals surface area contributed by atoms with E-state index >= 15 is 0 Å². The van der Waals surface area contributed by atoms with E-state index in [9.17, 15) is 0 Å². The first-order valence-electron chi connectivity index (χ1n) is 6.07. The monoisotopic (exact) mass is 261 g/mol. The second-order valence-corrected chi connectivity index (χ2v) is 5.43. The van der Waals surface area contributed by atoms with Crippen molar-refractivity contribution >= 4 is 17.2 Å². The number of aromatic nitrogens is 1. The minimum absolute atomic E-state index is 0.342. The van der Waals surface area contributed by atoms with E-state index in [1.807, 2.05) is 13.2 Å². The van der Waals surface area contributed by atoms with Gasteiger partial charge in [0.25, 0.3) is 0 Å². The van der Waals surface area contributed by atoms with E-state index in [1.54, 1.807) is 11.3 Å². The van der Waals surface area contributed by atoms with Crippen molar-refractivity contribution in [2.75, 3.05) is 19.0 Å². The summed E-state index contributed by atoms with van der Waals surface area (Å²) in [6.45, 7) is 3.04. The lowest BCUT2D eigenvalue weighted by Crippen LogP contribution is -2.18. The fourth-order valence-electron chi connectivity index (χ4n) is 1.76. The molecule has 2 aromatic rings. The van der Waals surface area contributed by atoms with Crippen molar-refractivity contribution in [2.45, 2.75) is 19.5 Å². The molecule has 0 aromatic carbocycles. The molecule has 0 fully saturated rings. The molecule has 18 heavy (non-hydrogen) atoms. The average Bonchev–Trinajstić information content (AvgIpc) is 2.91. The fraction of sp³-hybridized carbons (Fsp3) is 0.357. The summed E-state index contributed by atoms with van der Waals surface area (Å²) >= 11 is 1.78. The van der Waals surface area contributed by atoms with Gasteiger partial charge in [0.15, 0.2) is 0 Å². The number of nitrogens with zero attached hydrogens (tertiary/aromatic N) is 2. The van der Waals surface area contributed by atoms with Crippen LogP contribution in [0.1, 0.15) is 23.4 Å². The van der Waals surface area contributed by atoms with Crippen molar-refractivity contribution in [2.24, 2.45) is 0 Å². The average molecular weight is 261 g/mol. The topological polar surface area (TPSA) is 28.2 Å². The molecule has 0 saturated heterocycles. The molecule has 0 saturated carbocycles. The van der Waals surface area contributed by atoms with Crippen LogP contribution in [0, 0.1) is 0 Å². The van der Waals surface area contributed by atoms with E-state index < -0.39 is 0 Å². The van der Waals surface area contributed by atoms with Crippen LogP contribution in [0.3, 0.4) is 0 Å². The van der Waals surface area contributed by atoms with E-state index in [4.69, 9.17) is 0 Å². The van der Waals surface area contributed by atoms with Crippen molar-refractivity contribution < 1.29 is 0 Å². The standard InChI is InChI=1S/C14H19N3S/c1-11(15-2)12-6-7-14(16-9-12)17(3)10-13-5-4-8-18-13/h4-9,11,15H,10H2,1-3H3. The molecule has 96 valence electrons. The van der Waals surface area contributed by atoms with Crippen molar-refractivity contribution in [1.29, 1.82) is 0 Å². The fourth-order valence-corrected chi connectivity index (χ4v) is 2.52. The minimum Gasteiger partial charge on any atom is -0.355 e. The smallest absolute Gasteiger partial charge is 0.128 e. The van der Waals surface area contributed by atoms with Gasteiger partial charge >= 0.3 is 0 Å². The highest BCUT2D eigenvalue weighted by molar-refractivity contribution is 7.09. The Balaban J connectivity index is 2.04. The molecule has 3 nitrogen and oxygen atoms in total. The van der Waals surface area contributed by atoms with Gasteiger partial charge in [-0.05, 0) is 37.0 Å². The zero-order valence-corrected chi connectivity index (χ0v) is 11.9. The normalized spacial score (nSPS) is 12.4. The lowest BCUT2D eigenvalue weighted by atomic mass is 10.1. The molecule has 0 spiro atoms. The highest BCUT2D eigenvalue weighted by atomic mass is 32.1. The number of nitrogens with one attached hydrogen (secondary N) is 1. The maximum atomic E-state index is 4.52. The molecule has 0 aliphatic rings. The summed E-state index contributed by atoms with van der Waals surface area (Å²) in [5, 5.41) is 5.32. The predicted octanol–water partition coefficient (Wildman–Crippen LogP) is 3.06. The summed E-state index contributed by atoms with van der Waals surface area (Å²) in [6.07, 6.45) is 1.95. The Morgan fingerprint density at radius 2 is 2.22 bits per heavy atom. The largest absolute Gasteiger partial charge is 0.355 e. The zero-order chi connectivity index (χ0) is 13.0. The first-order chi connectivity index (χ1) is 8.70. The van der Waals surface area contributed by atoms with Gasteiger partial charge in [-0.15, -0.1) is 11.3 Å². The number of hydrogen-bond acceptors (Lipinski definition) is 4. The quantitative estimate of drug-likeness (QED) is 0.896. The minimum atomic E-state index is 0.342. The molecule has 2 rings (SSSR count). The van der Waals surface area contributed by atoms with Gasteiger partial charge in [-0.25, -0.2) is 4.98 Å². The molecule has 0 radical (unpaired) electrons. The summed E-state index contributed by atoms with van der Waals surface area (Å²) in [6, 6.07) is 8.79. The van der Waals surface area contributed by atoms with E-state index in [1.165, 1.54) is 10.4 Å². The predicted molar refractivity (Wildman–Crippen MR) is 78.1 cm³/mol. The van der Waals surface area contributed by atoms with E-state index in [2.05, 4.69) is 58.8 Å². The van der Waals surface area contributed by atoms with Gasteiger partial charge in [0.1, 0.15) is 5.82 Å². The van der Waals surface area contributed by atoms with Crippen molar-refractivity contribution in [3.05, 3.63) is 46.3 Å². The number of pyridine rings is 1. The summed E-state index contributed by atoms with van der Waals surface area (Å²) in [5.41, 5.74) is 1.21. The van der Waals surface area contributed by atoms with Crippen LogP contribution < -0.4 is 10.2 Å². The Hall–Kier alpha value is -1.39. The third-order valence-electron chi connectivity index (χ3n) is 3.07. The van der Waals surface area contributed by atoms with Crippen LogP contribution in [-0.2, 0) is 6.54 Å². The molecule has 2 heterocycles. The van der Waals surface area contributed by atoms with Crippen molar-refractivity contribution in [3.63, 3.8) is 0 Å². The van der Waals surface area contributed by atoms with Crippen LogP contribution in [0.5, 0.6) is 0 Å². The molecule has 1 N–H and O–H groups in total. The Kier molecular flexibility index (Phi) is 4.33. The van der Waals surface area contributed by atoms with Crippen LogP contribution in [0.4, 0.5) is 5.82 Å². The highest BCUT2D eigenvalue weighted by Crippen LogP contribution is 2.18. The van der Waals surface area contributed by atoms with Crippen LogP contribution in [-0.4, -0.2) is 19.1 Å². The molecular weight excluding hydrogens is 242 g/mol. The van der Waals surface area contributed by atoms with Gasteiger partial charge in [0, 0.05) is 24.2 Å². The van der Waals surface area contributed by atoms with Crippen LogP contribution in [0.15, 0.2) is 35.8 Å². The van der Waals surface area contributed by atoms with Gasteiger partial charge in [0.2, 0.25) is 0 Å². The number of rotatable bonds is 5. The molecule has 4 heteroatoms. The van der Waals surface area contributed by atoms with Crippen LogP contribution in [0.2, 0.25) is 0 Å². The number of hydrogen-bond donors (Lipinski definition) is 1. The van der Waals surface area contributed by atoms with E-state index in [0.29, 0.717) is 6.04 Å². The Morgan fingerprint density at radius 3 is 2.78 bits per heavy atom. The molecule has 1 atom stereocenters. The molecule has 0 bridgehead atoms. The molecule has 0 aliphatic carbocycles.